The molecule has 71 valence electrons. The Balaban J connectivity index is 0.000000980. The summed E-state index contributed by atoms with van der Waals surface area (Å²) < 4.78 is 0. The Labute approximate surface area is 99.6 Å². The van der Waals surface area contributed by atoms with Gasteiger partial charge >= 0.3 is 0 Å². The van der Waals surface area contributed by atoms with E-state index in [1.165, 1.54) is 11.3 Å². The zero-order valence-corrected chi connectivity index (χ0v) is 10.2. The van der Waals surface area contributed by atoms with Gasteiger partial charge in [0.05, 0.1) is 0 Å². The maximum absolute atomic E-state index is 8.62. The Kier molecular flexibility index (Phi) is 3.97. The summed E-state index contributed by atoms with van der Waals surface area (Å²) in [6, 6.07) is 12.5. The molecule has 0 aromatic carbocycles. The van der Waals surface area contributed by atoms with Crippen LogP contribution in [0, 0.1) is 17.4 Å². The second kappa shape index (κ2) is 5.02. The predicted octanol–water partition coefficient (Wildman–Crippen LogP) is 2.48. The van der Waals surface area contributed by atoms with Crippen molar-refractivity contribution in [3.05, 3.63) is 41.4 Å². The molecule has 0 N–H and O–H groups in total. The minimum Gasteiger partial charge on any atom is -0.319 e. The molecule has 0 aliphatic carbocycles. The van der Waals surface area contributed by atoms with Gasteiger partial charge in [-0.05, 0) is 11.8 Å². The van der Waals surface area contributed by atoms with Gasteiger partial charge in [-0.15, -0.1) is 6.07 Å². The van der Waals surface area contributed by atoms with Crippen molar-refractivity contribution in [1.29, 1.82) is 5.26 Å². The van der Waals surface area contributed by atoms with Crippen molar-refractivity contribution in [2.75, 3.05) is 0 Å². The Hall–Kier alpha value is -1.01. The first kappa shape index (κ1) is 11.1. The van der Waals surface area contributed by atoms with Crippen molar-refractivity contribution in [1.82, 2.24) is 4.98 Å². The summed E-state index contributed by atoms with van der Waals surface area (Å²) in [4.78, 5) is 5.75. The smallest absolute Gasteiger partial charge is 0.0424 e. The number of hydrogen-bond donors (Lipinski definition) is 0. The van der Waals surface area contributed by atoms with Crippen LogP contribution in [0.25, 0.3) is 10.6 Å². The first-order valence-electron chi connectivity index (χ1n) is 3.73. The zero-order chi connectivity index (χ0) is 9.10. The molecule has 2 rings (SSSR count). The average Bonchev–Trinajstić information content (AvgIpc) is 2.67. The van der Waals surface area contributed by atoms with Crippen molar-refractivity contribution in [2.45, 2.75) is 0 Å². The van der Waals surface area contributed by atoms with Gasteiger partial charge in [-0.2, -0.15) is 6.07 Å². The first-order valence-corrected chi connectivity index (χ1v) is 4.55. The van der Waals surface area contributed by atoms with Crippen LogP contribution in [-0.2, 0) is 20.1 Å². The molecule has 1 radical (unpaired) electrons. The van der Waals surface area contributed by atoms with Gasteiger partial charge < -0.3 is 4.98 Å². The molecule has 0 spiro atoms. The SMILES string of the molecule is N#Cc1c[c-]c(-c2ccccn2)s1.[Ir]. The van der Waals surface area contributed by atoms with Crippen LogP contribution in [0.15, 0.2) is 30.5 Å². The summed E-state index contributed by atoms with van der Waals surface area (Å²) in [6.45, 7) is 0. The molecule has 0 atom stereocenters. The molecule has 0 unspecified atom stereocenters. The average molecular weight is 377 g/mol. The van der Waals surface area contributed by atoms with Crippen LogP contribution in [-0.4, -0.2) is 4.98 Å². The van der Waals surface area contributed by atoms with E-state index in [-0.39, 0.29) is 20.1 Å². The molecule has 2 aromatic rings. The number of pyridine rings is 1. The fraction of sp³-hybridized carbons (Fsp3) is 0. The van der Waals surface area contributed by atoms with Crippen LogP contribution in [0.4, 0.5) is 0 Å². The normalized spacial score (nSPS) is 8.79. The third kappa shape index (κ3) is 2.27. The molecule has 0 saturated carbocycles. The number of hydrogen-bond acceptors (Lipinski definition) is 3. The Morgan fingerprint density at radius 3 is 2.86 bits per heavy atom. The number of rotatable bonds is 1. The fourth-order valence-corrected chi connectivity index (χ4v) is 1.70. The minimum atomic E-state index is 0. The Bertz CT molecular complexity index is 445. The molecule has 0 aliphatic heterocycles. The van der Waals surface area contributed by atoms with Crippen LogP contribution in [0.3, 0.4) is 0 Å². The number of nitriles is 1. The van der Waals surface area contributed by atoms with E-state index in [0.29, 0.717) is 4.88 Å². The third-order valence-electron chi connectivity index (χ3n) is 1.55. The van der Waals surface area contributed by atoms with Crippen molar-refractivity contribution < 1.29 is 20.1 Å². The summed E-state index contributed by atoms with van der Waals surface area (Å²) in [5, 5.41) is 8.62. The van der Waals surface area contributed by atoms with Crippen molar-refractivity contribution >= 4 is 11.3 Å². The quantitative estimate of drug-likeness (QED) is 0.716. The van der Waals surface area contributed by atoms with Gasteiger partial charge in [0.15, 0.2) is 0 Å². The van der Waals surface area contributed by atoms with E-state index in [2.05, 4.69) is 17.1 Å². The first-order chi connectivity index (χ1) is 6.40. The summed E-state index contributed by atoms with van der Waals surface area (Å²) >= 11 is 1.41. The maximum Gasteiger partial charge on any atom is 0.0424 e. The van der Waals surface area contributed by atoms with Crippen LogP contribution < -0.4 is 0 Å². The van der Waals surface area contributed by atoms with E-state index in [9.17, 15) is 0 Å². The second-order valence-corrected chi connectivity index (χ2v) is 3.46. The third-order valence-corrected chi connectivity index (χ3v) is 2.51. The summed E-state index contributed by atoms with van der Waals surface area (Å²) in [5.74, 6) is 0. The van der Waals surface area contributed by atoms with Crippen LogP contribution >= 0.6 is 11.3 Å². The standard InChI is InChI=1S/C10H5N2S.Ir/c11-7-8-4-5-10(13-8)9-3-1-2-6-12-9;/h1-4,6H;/q-1;. The van der Waals surface area contributed by atoms with Crippen LogP contribution in [0.1, 0.15) is 4.88 Å². The molecule has 0 bridgehead atoms. The Morgan fingerprint density at radius 2 is 2.29 bits per heavy atom. The molecule has 2 heterocycles. The van der Waals surface area contributed by atoms with Crippen molar-refractivity contribution in [3.8, 4) is 16.6 Å². The van der Waals surface area contributed by atoms with E-state index in [4.69, 9.17) is 5.26 Å². The molecular weight excluding hydrogens is 372 g/mol. The minimum absolute atomic E-state index is 0. The van der Waals surface area contributed by atoms with Gasteiger partial charge in [-0.3, -0.25) is 0 Å². The van der Waals surface area contributed by atoms with E-state index in [1.54, 1.807) is 12.3 Å². The molecule has 0 aliphatic rings. The molecule has 2 aromatic heterocycles. The topological polar surface area (TPSA) is 36.7 Å². The van der Waals surface area contributed by atoms with Crippen molar-refractivity contribution in [3.63, 3.8) is 0 Å². The molecular formula is C10H5IrN2S-. The molecule has 4 heteroatoms. The Morgan fingerprint density at radius 1 is 1.43 bits per heavy atom. The van der Waals surface area contributed by atoms with Crippen LogP contribution in [0.2, 0.25) is 0 Å². The summed E-state index contributed by atoms with van der Waals surface area (Å²) in [5.41, 5.74) is 0.869. The molecule has 0 saturated heterocycles. The molecule has 0 amide bonds. The van der Waals surface area contributed by atoms with E-state index < -0.39 is 0 Å². The molecule has 14 heavy (non-hydrogen) atoms. The summed E-state index contributed by atoms with van der Waals surface area (Å²) in [7, 11) is 0. The van der Waals surface area contributed by atoms with Crippen LogP contribution in [0.5, 0.6) is 0 Å². The van der Waals surface area contributed by atoms with Gasteiger partial charge in [0.25, 0.3) is 0 Å². The van der Waals surface area contributed by atoms with Gasteiger partial charge in [0.2, 0.25) is 0 Å². The number of aromatic nitrogens is 1. The summed E-state index contributed by atoms with van der Waals surface area (Å²) in [6.07, 6.45) is 1.73. The largest absolute Gasteiger partial charge is 0.319 e. The second-order valence-electron chi connectivity index (χ2n) is 2.41. The number of thiophene rings is 1. The van der Waals surface area contributed by atoms with Gasteiger partial charge in [-0.1, -0.05) is 17.0 Å². The molecule has 0 fully saturated rings. The van der Waals surface area contributed by atoms with E-state index in [0.717, 1.165) is 10.6 Å². The van der Waals surface area contributed by atoms with Gasteiger partial charge in [0, 0.05) is 37.2 Å². The monoisotopic (exact) mass is 378 g/mol. The van der Waals surface area contributed by atoms with E-state index >= 15 is 0 Å². The molecule has 2 nitrogen and oxygen atoms in total. The van der Waals surface area contributed by atoms with Gasteiger partial charge in [0.1, 0.15) is 0 Å². The number of nitrogens with zero attached hydrogens (tertiary/aromatic N) is 2. The van der Waals surface area contributed by atoms with Crippen molar-refractivity contribution in [2.24, 2.45) is 0 Å². The van der Waals surface area contributed by atoms with E-state index in [1.807, 2.05) is 18.2 Å². The van der Waals surface area contributed by atoms with Gasteiger partial charge in [-0.25, -0.2) is 16.6 Å². The zero-order valence-electron chi connectivity index (χ0n) is 7.02. The maximum atomic E-state index is 8.62. The fourth-order valence-electron chi connectivity index (χ4n) is 0.978. The predicted molar refractivity (Wildman–Crippen MR) is 51.1 cm³/mol.